The van der Waals surface area contributed by atoms with E-state index in [4.69, 9.17) is 4.74 Å². The summed E-state index contributed by atoms with van der Waals surface area (Å²) in [5, 5.41) is 5.80. The van der Waals surface area contributed by atoms with Crippen LogP contribution >= 0.6 is 0 Å². The van der Waals surface area contributed by atoms with Crippen LogP contribution < -0.4 is 5.32 Å². The van der Waals surface area contributed by atoms with E-state index in [1.165, 1.54) is 53.1 Å². The number of ether oxygens (including phenoxy) is 1. The van der Waals surface area contributed by atoms with Gasteiger partial charge in [0, 0.05) is 66.6 Å². The van der Waals surface area contributed by atoms with E-state index in [1.54, 1.807) is 0 Å². The van der Waals surface area contributed by atoms with E-state index in [0.717, 1.165) is 63.4 Å². The second-order valence-corrected chi connectivity index (χ2v) is 11.8. The monoisotopic (exact) mass is 552 g/mol. The van der Waals surface area contributed by atoms with Gasteiger partial charge in [-0.15, -0.1) is 0 Å². The Morgan fingerprint density at radius 2 is 1.68 bits per heavy atom. The van der Waals surface area contributed by atoms with Crippen LogP contribution in [0, 0.1) is 0 Å². The molecule has 1 aromatic heterocycles. The Labute approximate surface area is 244 Å². The molecule has 4 aromatic rings. The van der Waals surface area contributed by atoms with Gasteiger partial charge in [-0.3, -0.25) is 9.69 Å². The number of likely N-dealkylation sites (tertiary alicyclic amines) is 2. The van der Waals surface area contributed by atoms with E-state index in [1.807, 2.05) is 18.2 Å². The predicted octanol–water partition coefficient (Wildman–Crippen LogP) is 6.21. The normalized spacial score (nSPS) is 18.7. The number of hydrogen-bond acceptors (Lipinski definition) is 4. The van der Waals surface area contributed by atoms with Gasteiger partial charge in [-0.1, -0.05) is 49.2 Å². The average Bonchev–Trinajstić information content (AvgIpc) is 3.47. The lowest BCUT2D eigenvalue weighted by Gasteiger charge is -2.19. The molecule has 3 aromatic carbocycles. The number of carbonyl (C=O) groups excluding carboxylic acids is 1. The predicted molar refractivity (Wildman–Crippen MR) is 167 cm³/mol. The molecule has 2 aliphatic heterocycles. The van der Waals surface area contributed by atoms with Crippen molar-refractivity contribution in [3.8, 4) is 0 Å². The number of benzene rings is 3. The molecule has 1 N–H and O–H groups in total. The van der Waals surface area contributed by atoms with Crippen molar-refractivity contribution in [2.75, 3.05) is 39.3 Å². The van der Waals surface area contributed by atoms with Crippen LogP contribution in [0.25, 0.3) is 21.8 Å². The van der Waals surface area contributed by atoms with E-state index >= 15 is 0 Å². The molecule has 2 aliphatic rings. The highest BCUT2D eigenvalue weighted by Gasteiger charge is 2.23. The van der Waals surface area contributed by atoms with Crippen molar-refractivity contribution in [1.82, 2.24) is 19.7 Å². The third-order valence-corrected chi connectivity index (χ3v) is 8.88. The van der Waals surface area contributed by atoms with Crippen LogP contribution in [0.4, 0.5) is 0 Å². The van der Waals surface area contributed by atoms with Crippen LogP contribution in [-0.2, 0) is 24.4 Å². The molecule has 2 fully saturated rings. The van der Waals surface area contributed by atoms with Crippen LogP contribution in [0.3, 0.4) is 0 Å². The number of aryl methyl sites for hydroxylation is 1. The molecule has 0 saturated carbocycles. The molecular weight excluding hydrogens is 508 g/mol. The number of rotatable bonds is 10. The first-order valence-electron chi connectivity index (χ1n) is 15.6. The van der Waals surface area contributed by atoms with Crippen molar-refractivity contribution in [3.05, 3.63) is 83.4 Å². The molecule has 6 nitrogen and oxygen atoms in total. The number of carbonyl (C=O) groups is 1. The lowest BCUT2D eigenvalue weighted by atomic mass is 10.1. The Morgan fingerprint density at radius 1 is 0.854 bits per heavy atom. The Kier molecular flexibility index (Phi) is 9.00. The minimum Gasteiger partial charge on any atom is -0.372 e. The Hall–Kier alpha value is -3.19. The Bertz CT molecular complexity index is 1470. The van der Waals surface area contributed by atoms with Crippen molar-refractivity contribution >= 4 is 27.7 Å². The van der Waals surface area contributed by atoms with E-state index in [0.29, 0.717) is 13.2 Å². The maximum Gasteiger partial charge on any atom is 0.251 e. The van der Waals surface area contributed by atoms with Gasteiger partial charge in [0.05, 0.1) is 12.7 Å². The zero-order valence-electron chi connectivity index (χ0n) is 24.5. The van der Waals surface area contributed by atoms with Crippen molar-refractivity contribution in [2.45, 2.75) is 64.8 Å². The van der Waals surface area contributed by atoms with Gasteiger partial charge in [0.15, 0.2) is 0 Å². The topological polar surface area (TPSA) is 49.7 Å². The molecule has 0 aliphatic carbocycles. The number of aromatic nitrogens is 1. The molecule has 216 valence electrons. The second-order valence-electron chi connectivity index (χ2n) is 11.8. The molecule has 3 heterocycles. The van der Waals surface area contributed by atoms with Gasteiger partial charge >= 0.3 is 0 Å². The lowest BCUT2D eigenvalue weighted by molar-refractivity contribution is 0.0461. The van der Waals surface area contributed by atoms with Crippen LogP contribution in [0.5, 0.6) is 0 Å². The first kappa shape index (κ1) is 28.0. The van der Waals surface area contributed by atoms with E-state index in [2.05, 4.69) is 75.1 Å². The fourth-order valence-corrected chi connectivity index (χ4v) is 6.68. The van der Waals surface area contributed by atoms with Crippen molar-refractivity contribution in [1.29, 1.82) is 0 Å². The van der Waals surface area contributed by atoms with E-state index in [-0.39, 0.29) is 12.0 Å². The summed E-state index contributed by atoms with van der Waals surface area (Å²) in [4.78, 5) is 17.8. The van der Waals surface area contributed by atoms with E-state index < -0.39 is 0 Å². The zero-order valence-corrected chi connectivity index (χ0v) is 24.5. The zero-order chi connectivity index (χ0) is 28.0. The molecule has 41 heavy (non-hydrogen) atoms. The summed E-state index contributed by atoms with van der Waals surface area (Å²) in [6, 6.07) is 23.6. The molecule has 0 bridgehead atoms. The highest BCUT2D eigenvalue weighted by Crippen LogP contribution is 2.30. The number of amides is 1. The fourth-order valence-electron chi connectivity index (χ4n) is 6.68. The summed E-state index contributed by atoms with van der Waals surface area (Å²) in [5.74, 6) is 0.00717. The smallest absolute Gasteiger partial charge is 0.251 e. The molecular formula is C35H44N4O2. The second kappa shape index (κ2) is 13.2. The number of nitrogens with zero attached hydrogens (tertiary/aromatic N) is 3. The maximum atomic E-state index is 12.8. The van der Waals surface area contributed by atoms with Gasteiger partial charge in [0.25, 0.3) is 5.91 Å². The quantitative estimate of drug-likeness (QED) is 0.254. The van der Waals surface area contributed by atoms with Crippen molar-refractivity contribution < 1.29 is 9.53 Å². The van der Waals surface area contributed by atoms with Gasteiger partial charge in [0.2, 0.25) is 0 Å². The molecule has 6 heteroatoms. The summed E-state index contributed by atoms with van der Waals surface area (Å²) >= 11 is 0. The number of para-hydroxylation sites is 1. The molecule has 0 radical (unpaired) electrons. The van der Waals surface area contributed by atoms with Gasteiger partial charge < -0.3 is 19.5 Å². The standard InChI is InChI=1S/C35H44N4O2/c1-2-39-33-13-6-5-12-31(33)32-23-27(14-15-34(32)39)24-38-20-16-30(25-38)41-26-28-10-9-11-29(22-28)35(40)36-17-21-37-18-7-3-4-8-19-37/h5-6,9-15,22-23,30H,2-4,7-8,16-21,24-26H2,1H3,(H,36,40)/t30-/m1/s1. The molecule has 1 atom stereocenters. The molecule has 0 spiro atoms. The average molecular weight is 553 g/mol. The highest BCUT2D eigenvalue weighted by molar-refractivity contribution is 6.08. The molecule has 0 unspecified atom stereocenters. The van der Waals surface area contributed by atoms with Crippen LogP contribution in [0.15, 0.2) is 66.7 Å². The summed E-state index contributed by atoms with van der Waals surface area (Å²) in [6.07, 6.45) is 6.46. The first-order valence-corrected chi connectivity index (χ1v) is 15.6. The Morgan fingerprint density at radius 3 is 2.54 bits per heavy atom. The maximum absolute atomic E-state index is 12.8. The van der Waals surface area contributed by atoms with Crippen molar-refractivity contribution in [2.24, 2.45) is 0 Å². The first-order chi connectivity index (χ1) is 20.2. The molecule has 2 saturated heterocycles. The summed E-state index contributed by atoms with van der Waals surface area (Å²) < 4.78 is 8.73. The van der Waals surface area contributed by atoms with Crippen LogP contribution in [-0.4, -0.2) is 65.6 Å². The van der Waals surface area contributed by atoms with Crippen LogP contribution in [0.1, 0.15) is 60.5 Å². The molecule has 6 rings (SSSR count). The number of fused-ring (bicyclic) bond motifs is 3. The highest BCUT2D eigenvalue weighted by atomic mass is 16.5. The summed E-state index contributed by atoms with van der Waals surface area (Å²) in [7, 11) is 0. The largest absolute Gasteiger partial charge is 0.372 e. The molecule has 1 amide bonds. The van der Waals surface area contributed by atoms with E-state index in [9.17, 15) is 4.79 Å². The lowest BCUT2D eigenvalue weighted by Crippen LogP contribution is -2.35. The minimum atomic E-state index is 0.00717. The third-order valence-electron chi connectivity index (χ3n) is 8.88. The SMILES string of the molecule is CCn1c2ccccc2c2cc(CN3CC[C@@H](OCc4cccc(C(=O)NCCN5CCCCCC5)c4)C3)ccc21. The summed E-state index contributed by atoms with van der Waals surface area (Å²) in [6.45, 7) is 10.6. The fraction of sp³-hybridized carbons (Fsp3) is 0.457. The van der Waals surface area contributed by atoms with Gasteiger partial charge in [0.1, 0.15) is 0 Å². The van der Waals surface area contributed by atoms with Gasteiger partial charge in [-0.2, -0.15) is 0 Å². The van der Waals surface area contributed by atoms with Gasteiger partial charge in [-0.25, -0.2) is 0 Å². The van der Waals surface area contributed by atoms with Gasteiger partial charge in [-0.05, 0) is 80.7 Å². The third kappa shape index (κ3) is 6.66. The minimum absolute atomic E-state index is 0.00717. The summed E-state index contributed by atoms with van der Waals surface area (Å²) in [5.41, 5.74) is 5.75. The van der Waals surface area contributed by atoms with Crippen molar-refractivity contribution in [3.63, 3.8) is 0 Å². The number of hydrogen-bond donors (Lipinski definition) is 1. The van der Waals surface area contributed by atoms with Crippen LogP contribution in [0.2, 0.25) is 0 Å². The Balaban J connectivity index is 0.993. The number of nitrogens with one attached hydrogen (secondary N) is 1.